The third-order valence-electron chi connectivity index (χ3n) is 5.85. The predicted molar refractivity (Wildman–Crippen MR) is 114 cm³/mol. The molecule has 1 aromatic rings. The smallest absolute Gasteiger partial charge is 0.309 e. The van der Waals surface area contributed by atoms with Crippen molar-refractivity contribution >= 4 is 23.1 Å². The fourth-order valence-electron chi connectivity index (χ4n) is 4.21. The van der Waals surface area contributed by atoms with Crippen LogP contribution in [-0.2, 0) is 14.3 Å². The summed E-state index contributed by atoms with van der Waals surface area (Å²) >= 11 is 0. The summed E-state index contributed by atoms with van der Waals surface area (Å²) in [7, 11) is 0. The van der Waals surface area contributed by atoms with Crippen molar-refractivity contribution in [2.45, 2.75) is 58.5 Å². The molecule has 1 aliphatic carbocycles. The molecular formula is C23H29FN2O5. The average Bonchev–Trinajstić information content (AvgIpc) is 2.72. The molecule has 0 atom stereocenters. The van der Waals surface area contributed by atoms with Gasteiger partial charge in [0.1, 0.15) is 11.4 Å². The molecule has 0 aromatic heterocycles. The van der Waals surface area contributed by atoms with E-state index in [4.69, 9.17) is 4.74 Å². The molecule has 1 fully saturated rings. The van der Waals surface area contributed by atoms with E-state index in [1.807, 2.05) is 26.8 Å². The van der Waals surface area contributed by atoms with E-state index in [0.717, 1.165) is 11.6 Å². The van der Waals surface area contributed by atoms with Gasteiger partial charge in [-0.2, -0.15) is 0 Å². The standard InChI is InChI=1S/C23H29FN2O5/c1-23(2,3)31-22(28)17-6-4-16(5-7-17)21(27)25-12-10-15(11-13-25)19-9-8-18(26(29)30)14-20(19)24/h8-10,14,16-17H,4-7,11-13H2,1-3H3. The van der Waals surface area contributed by atoms with Crippen molar-refractivity contribution in [3.05, 3.63) is 45.8 Å². The van der Waals surface area contributed by atoms with Gasteiger partial charge in [0, 0.05) is 30.6 Å². The monoisotopic (exact) mass is 432 g/mol. The number of ether oxygens (including phenoxy) is 1. The summed E-state index contributed by atoms with van der Waals surface area (Å²) in [6.07, 6.45) is 4.92. The molecule has 0 radical (unpaired) electrons. The van der Waals surface area contributed by atoms with Gasteiger partial charge in [0.25, 0.3) is 5.69 Å². The highest BCUT2D eigenvalue weighted by atomic mass is 19.1. The van der Waals surface area contributed by atoms with E-state index in [1.165, 1.54) is 12.1 Å². The number of nitrogens with zero attached hydrogens (tertiary/aromatic N) is 2. The molecule has 1 amide bonds. The first kappa shape index (κ1) is 22.9. The molecule has 1 aliphatic heterocycles. The number of rotatable bonds is 4. The Morgan fingerprint density at radius 3 is 2.32 bits per heavy atom. The van der Waals surface area contributed by atoms with Gasteiger partial charge in [-0.1, -0.05) is 6.08 Å². The van der Waals surface area contributed by atoms with Crippen LogP contribution < -0.4 is 0 Å². The van der Waals surface area contributed by atoms with Gasteiger partial charge in [-0.25, -0.2) is 4.39 Å². The minimum absolute atomic E-state index is 0.0714. The van der Waals surface area contributed by atoms with Crippen LogP contribution in [-0.4, -0.2) is 40.4 Å². The molecule has 7 nitrogen and oxygen atoms in total. The second-order valence-corrected chi connectivity index (χ2v) is 9.27. The SMILES string of the molecule is CC(C)(C)OC(=O)C1CCC(C(=O)N2CC=C(c3ccc([N+](=O)[O-])cc3F)CC2)CC1. The summed E-state index contributed by atoms with van der Waals surface area (Å²) in [5.74, 6) is -0.997. The van der Waals surface area contributed by atoms with Crippen molar-refractivity contribution in [3.63, 3.8) is 0 Å². The van der Waals surface area contributed by atoms with Crippen molar-refractivity contribution in [2.24, 2.45) is 11.8 Å². The summed E-state index contributed by atoms with van der Waals surface area (Å²) in [4.78, 5) is 37.1. The van der Waals surface area contributed by atoms with Crippen LogP contribution in [0.1, 0.15) is 58.4 Å². The molecule has 0 bridgehead atoms. The zero-order valence-electron chi connectivity index (χ0n) is 18.2. The van der Waals surface area contributed by atoms with Gasteiger partial charge in [-0.3, -0.25) is 19.7 Å². The van der Waals surface area contributed by atoms with Crippen molar-refractivity contribution < 1.29 is 23.6 Å². The zero-order chi connectivity index (χ0) is 22.8. The van der Waals surface area contributed by atoms with Gasteiger partial charge in [0.2, 0.25) is 5.91 Å². The number of nitro benzene ring substituents is 1. The summed E-state index contributed by atoms with van der Waals surface area (Å²) in [6, 6.07) is 3.64. The number of amides is 1. The van der Waals surface area contributed by atoms with Crippen LogP contribution in [0.2, 0.25) is 0 Å². The van der Waals surface area contributed by atoms with Gasteiger partial charge >= 0.3 is 5.97 Å². The summed E-state index contributed by atoms with van der Waals surface area (Å²) in [6.45, 7) is 6.41. The van der Waals surface area contributed by atoms with Crippen molar-refractivity contribution in [2.75, 3.05) is 13.1 Å². The number of nitro groups is 1. The molecule has 1 aromatic carbocycles. The van der Waals surface area contributed by atoms with E-state index in [-0.39, 0.29) is 29.4 Å². The lowest BCUT2D eigenvalue weighted by Crippen LogP contribution is -2.41. The van der Waals surface area contributed by atoms with Gasteiger partial charge in [-0.15, -0.1) is 0 Å². The third kappa shape index (κ3) is 5.68. The highest BCUT2D eigenvalue weighted by Crippen LogP contribution is 2.33. The van der Waals surface area contributed by atoms with E-state index in [1.54, 1.807) is 4.90 Å². The molecular weight excluding hydrogens is 403 g/mol. The zero-order valence-corrected chi connectivity index (χ0v) is 18.2. The Kier molecular flexibility index (Phi) is 6.77. The maximum Gasteiger partial charge on any atom is 0.309 e. The molecule has 1 saturated carbocycles. The molecule has 0 N–H and O–H groups in total. The second-order valence-electron chi connectivity index (χ2n) is 9.27. The molecule has 3 rings (SSSR count). The lowest BCUT2D eigenvalue weighted by atomic mass is 9.81. The molecule has 8 heteroatoms. The van der Waals surface area contributed by atoms with Crippen molar-refractivity contribution in [1.82, 2.24) is 4.90 Å². The molecule has 1 heterocycles. The third-order valence-corrected chi connectivity index (χ3v) is 5.85. The van der Waals surface area contributed by atoms with E-state index in [0.29, 0.717) is 50.8 Å². The number of benzene rings is 1. The van der Waals surface area contributed by atoms with Crippen LogP contribution in [0.25, 0.3) is 5.57 Å². The molecule has 168 valence electrons. The van der Waals surface area contributed by atoms with Crippen LogP contribution in [0.15, 0.2) is 24.3 Å². The molecule has 0 saturated heterocycles. The van der Waals surface area contributed by atoms with Gasteiger partial charge in [0.15, 0.2) is 0 Å². The number of carbonyl (C=O) groups excluding carboxylic acids is 2. The van der Waals surface area contributed by atoms with Gasteiger partial charge < -0.3 is 9.64 Å². The number of hydrogen-bond acceptors (Lipinski definition) is 5. The first-order chi connectivity index (χ1) is 14.5. The number of hydrogen-bond donors (Lipinski definition) is 0. The Balaban J connectivity index is 1.55. The maximum absolute atomic E-state index is 14.3. The van der Waals surface area contributed by atoms with Crippen LogP contribution in [0, 0.1) is 27.8 Å². The van der Waals surface area contributed by atoms with E-state index in [9.17, 15) is 24.1 Å². The van der Waals surface area contributed by atoms with Gasteiger partial charge in [-0.05, 0) is 64.5 Å². The van der Waals surface area contributed by atoms with Crippen molar-refractivity contribution in [3.8, 4) is 0 Å². The van der Waals surface area contributed by atoms with E-state index < -0.39 is 16.3 Å². The second kappa shape index (κ2) is 9.16. The summed E-state index contributed by atoms with van der Waals surface area (Å²) in [5.41, 5.74) is 0.308. The fraction of sp³-hybridized carbons (Fsp3) is 0.565. The number of carbonyl (C=O) groups is 2. The Labute approximate surface area is 181 Å². The quantitative estimate of drug-likeness (QED) is 0.397. The highest BCUT2D eigenvalue weighted by Gasteiger charge is 2.34. The first-order valence-electron chi connectivity index (χ1n) is 10.7. The predicted octanol–water partition coefficient (Wildman–Crippen LogP) is 4.50. The minimum atomic E-state index is -0.625. The van der Waals surface area contributed by atoms with Crippen molar-refractivity contribution in [1.29, 1.82) is 0 Å². The minimum Gasteiger partial charge on any atom is -0.460 e. The molecule has 0 unspecified atom stereocenters. The Morgan fingerprint density at radius 2 is 1.81 bits per heavy atom. The van der Waals surface area contributed by atoms with Crippen LogP contribution >= 0.6 is 0 Å². The molecule has 31 heavy (non-hydrogen) atoms. The highest BCUT2D eigenvalue weighted by molar-refractivity contribution is 5.81. The average molecular weight is 432 g/mol. The molecule has 2 aliphatic rings. The van der Waals surface area contributed by atoms with E-state index >= 15 is 0 Å². The topological polar surface area (TPSA) is 89.8 Å². The summed E-state index contributed by atoms with van der Waals surface area (Å²) < 4.78 is 19.7. The lowest BCUT2D eigenvalue weighted by Gasteiger charge is -2.34. The molecule has 0 spiro atoms. The van der Waals surface area contributed by atoms with Crippen LogP contribution in [0.4, 0.5) is 10.1 Å². The fourth-order valence-corrected chi connectivity index (χ4v) is 4.21. The van der Waals surface area contributed by atoms with E-state index in [2.05, 4.69) is 0 Å². The Morgan fingerprint density at radius 1 is 1.16 bits per heavy atom. The Bertz CT molecular complexity index is 898. The van der Waals surface area contributed by atoms with Gasteiger partial charge in [0.05, 0.1) is 16.9 Å². The lowest BCUT2D eigenvalue weighted by molar-refractivity contribution is -0.385. The number of esters is 1. The Hall–Kier alpha value is -2.77. The normalized spacial score (nSPS) is 21.9. The largest absolute Gasteiger partial charge is 0.460 e. The maximum atomic E-state index is 14.3. The number of non-ortho nitro benzene ring substituents is 1. The first-order valence-corrected chi connectivity index (χ1v) is 10.7. The number of halogens is 1. The summed E-state index contributed by atoms with van der Waals surface area (Å²) in [5, 5.41) is 10.8. The van der Waals surface area contributed by atoms with Crippen LogP contribution in [0.5, 0.6) is 0 Å². The van der Waals surface area contributed by atoms with Crippen LogP contribution in [0.3, 0.4) is 0 Å².